The molecule has 14 heteroatoms. The molecule has 0 aliphatic heterocycles. The number of carbonyl (C=O) groups excluding carboxylic acids is 1. The van der Waals surface area contributed by atoms with Crippen LogP contribution >= 0.6 is 0 Å². The zero-order valence-corrected chi connectivity index (χ0v) is 27.2. The summed E-state index contributed by atoms with van der Waals surface area (Å²) in [6, 6.07) is 16.0. The molecule has 2 aromatic heterocycles. The van der Waals surface area contributed by atoms with E-state index >= 15 is 0 Å². The summed E-state index contributed by atoms with van der Waals surface area (Å²) >= 11 is 0. The summed E-state index contributed by atoms with van der Waals surface area (Å²) < 4.78 is 72.1. The van der Waals surface area contributed by atoms with Crippen molar-refractivity contribution >= 4 is 27.9 Å². The first kappa shape index (κ1) is 36.4. The Kier molecular flexibility index (Phi) is 11.6. The van der Waals surface area contributed by atoms with Gasteiger partial charge in [0, 0.05) is 19.2 Å². The fourth-order valence-corrected chi connectivity index (χ4v) is 5.91. The maximum absolute atomic E-state index is 13.8. The maximum Gasteiger partial charge on any atom is 0.416 e. The van der Waals surface area contributed by atoms with Crippen molar-refractivity contribution in [2.24, 2.45) is 0 Å². The number of halogens is 3. The molecule has 1 amide bonds. The second kappa shape index (κ2) is 14.6. The van der Waals surface area contributed by atoms with Gasteiger partial charge in [-0.2, -0.15) is 17.5 Å². The van der Waals surface area contributed by atoms with E-state index in [4.69, 9.17) is 4.74 Å². The predicted molar refractivity (Wildman–Crippen MR) is 165 cm³/mol. The zero-order chi connectivity index (χ0) is 34.3. The Hall–Kier alpha value is -4.04. The van der Waals surface area contributed by atoms with E-state index in [1.54, 1.807) is 57.2 Å². The first-order valence-electron chi connectivity index (χ1n) is 14.5. The molecule has 3 rings (SSSR count). The number of amides is 1. The third kappa shape index (κ3) is 10.8. The lowest BCUT2D eigenvalue weighted by Crippen LogP contribution is -2.40. The number of carbonyl (C=O) groups is 2. The van der Waals surface area contributed by atoms with Crippen LogP contribution in [0.1, 0.15) is 70.7 Å². The van der Waals surface area contributed by atoms with Crippen LogP contribution in [0.2, 0.25) is 0 Å². The molecule has 2 heterocycles. The summed E-state index contributed by atoms with van der Waals surface area (Å²) in [5.74, 6) is -1.34. The number of nitrogens with zero attached hydrogens (tertiary/aromatic N) is 4. The molecular weight excluding hydrogens is 625 g/mol. The number of aliphatic carboxylic acids is 1. The highest BCUT2D eigenvalue weighted by Crippen LogP contribution is 2.32. The zero-order valence-electron chi connectivity index (χ0n) is 26.4. The number of carboxylic acid groups (broad SMARTS) is 1. The van der Waals surface area contributed by atoms with Crippen molar-refractivity contribution < 1.29 is 41.0 Å². The van der Waals surface area contributed by atoms with Gasteiger partial charge in [-0.15, -0.1) is 0 Å². The number of pyridine rings is 2. The molecule has 0 aliphatic rings. The molecule has 3 aromatic rings. The van der Waals surface area contributed by atoms with Crippen LogP contribution in [0.4, 0.5) is 23.8 Å². The van der Waals surface area contributed by atoms with Gasteiger partial charge < -0.3 is 9.84 Å². The number of alkyl halides is 3. The lowest BCUT2D eigenvalue weighted by atomic mass is 9.80. The third-order valence-corrected chi connectivity index (χ3v) is 8.62. The Morgan fingerprint density at radius 1 is 0.891 bits per heavy atom. The molecule has 0 atom stereocenters. The first-order valence-corrected chi connectivity index (χ1v) is 16.0. The van der Waals surface area contributed by atoms with Crippen LogP contribution in [0.25, 0.3) is 0 Å². The number of rotatable bonds is 13. The van der Waals surface area contributed by atoms with Gasteiger partial charge >= 0.3 is 18.2 Å². The number of sulfonamides is 1. The summed E-state index contributed by atoms with van der Waals surface area (Å²) in [4.78, 5) is 33.7. The summed E-state index contributed by atoms with van der Waals surface area (Å²) in [7, 11) is -4.18. The minimum Gasteiger partial charge on any atom is -0.480 e. The highest BCUT2D eigenvalue weighted by Gasteiger charge is 2.31. The molecule has 1 N–H and O–H groups in total. The molecule has 0 radical (unpaired) electrons. The number of benzene rings is 1. The average Bonchev–Trinajstić information content (AvgIpc) is 2.94. The van der Waals surface area contributed by atoms with E-state index in [1.165, 1.54) is 30.5 Å². The third-order valence-electron chi connectivity index (χ3n) is 6.91. The van der Waals surface area contributed by atoms with Gasteiger partial charge in [-0.05, 0) is 74.4 Å². The van der Waals surface area contributed by atoms with E-state index in [9.17, 15) is 36.3 Å². The molecule has 0 saturated heterocycles. The number of hydrogen-bond donors (Lipinski definition) is 1. The van der Waals surface area contributed by atoms with Gasteiger partial charge in [-0.3, -0.25) is 9.69 Å². The van der Waals surface area contributed by atoms with E-state index in [1.807, 2.05) is 13.8 Å². The van der Waals surface area contributed by atoms with Crippen LogP contribution in [0, 0.1) is 0 Å². The molecule has 46 heavy (non-hydrogen) atoms. The fourth-order valence-electron chi connectivity index (χ4n) is 4.58. The smallest absolute Gasteiger partial charge is 0.416 e. The Labute approximate surface area is 267 Å². The van der Waals surface area contributed by atoms with Crippen molar-refractivity contribution in [2.45, 2.75) is 89.2 Å². The predicted octanol–water partition coefficient (Wildman–Crippen LogP) is 6.70. The molecule has 250 valence electrons. The van der Waals surface area contributed by atoms with E-state index in [0.717, 1.165) is 14.8 Å². The van der Waals surface area contributed by atoms with E-state index in [-0.39, 0.29) is 36.0 Å². The second-order valence-electron chi connectivity index (χ2n) is 12.4. The highest BCUT2D eigenvalue weighted by molar-refractivity contribution is 7.89. The number of aromatic nitrogens is 2. The maximum atomic E-state index is 13.8. The minimum absolute atomic E-state index is 0.0156. The molecular formula is C32H39F3N4O6S. The molecule has 0 spiro atoms. The minimum atomic E-state index is -4.22. The summed E-state index contributed by atoms with van der Waals surface area (Å²) in [5, 5.41) is 9.23. The monoisotopic (exact) mass is 664 g/mol. The largest absolute Gasteiger partial charge is 0.480 e. The van der Waals surface area contributed by atoms with E-state index in [0.29, 0.717) is 12.0 Å². The van der Waals surface area contributed by atoms with Crippen LogP contribution in [0.15, 0.2) is 71.9 Å². The van der Waals surface area contributed by atoms with Gasteiger partial charge in [0.15, 0.2) is 5.03 Å². The van der Waals surface area contributed by atoms with Crippen molar-refractivity contribution in [1.82, 2.24) is 14.3 Å². The summed E-state index contributed by atoms with van der Waals surface area (Å²) in [5.41, 5.74) is 0.189. The average molecular weight is 665 g/mol. The first-order chi connectivity index (χ1) is 21.3. The van der Waals surface area contributed by atoms with Crippen LogP contribution in [-0.2, 0) is 38.1 Å². The Bertz CT molecular complexity index is 1590. The van der Waals surface area contributed by atoms with Gasteiger partial charge in [-0.1, -0.05) is 50.2 Å². The molecule has 0 aliphatic carbocycles. The molecule has 0 saturated carbocycles. The van der Waals surface area contributed by atoms with E-state index in [2.05, 4.69) is 9.97 Å². The van der Waals surface area contributed by atoms with Gasteiger partial charge in [0.2, 0.25) is 0 Å². The van der Waals surface area contributed by atoms with E-state index < -0.39 is 52.2 Å². The van der Waals surface area contributed by atoms with Crippen LogP contribution < -0.4 is 4.90 Å². The van der Waals surface area contributed by atoms with Gasteiger partial charge in [0.05, 0.1) is 12.2 Å². The molecule has 10 nitrogen and oxygen atoms in total. The van der Waals surface area contributed by atoms with Gasteiger partial charge in [0.25, 0.3) is 10.0 Å². The van der Waals surface area contributed by atoms with Crippen LogP contribution in [-0.4, -0.2) is 58.2 Å². The molecule has 1 aromatic carbocycles. The molecule has 0 unspecified atom stereocenters. The Morgan fingerprint density at radius 2 is 1.57 bits per heavy atom. The molecule has 0 bridgehead atoms. The van der Waals surface area contributed by atoms with Gasteiger partial charge in [-0.25, -0.2) is 23.2 Å². The van der Waals surface area contributed by atoms with Crippen molar-refractivity contribution in [1.29, 1.82) is 0 Å². The fraction of sp³-hybridized carbons (Fsp3) is 0.438. The topological polar surface area (TPSA) is 130 Å². The quantitative estimate of drug-likeness (QED) is 0.214. The lowest BCUT2D eigenvalue weighted by molar-refractivity contribution is -0.136. The second-order valence-corrected chi connectivity index (χ2v) is 14.3. The highest BCUT2D eigenvalue weighted by atomic mass is 32.2. The van der Waals surface area contributed by atoms with Crippen molar-refractivity contribution in [2.75, 3.05) is 11.4 Å². The normalized spacial score (nSPS) is 12.6. The lowest BCUT2D eigenvalue weighted by Gasteiger charge is -2.27. The Morgan fingerprint density at radius 3 is 2.13 bits per heavy atom. The van der Waals surface area contributed by atoms with Crippen molar-refractivity contribution in [3.8, 4) is 0 Å². The van der Waals surface area contributed by atoms with Crippen LogP contribution in [0.3, 0.4) is 0 Å². The summed E-state index contributed by atoms with van der Waals surface area (Å²) in [6.45, 7) is 7.53. The van der Waals surface area contributed by atoms with Crippen molar-refractivity contribution in [3.63, 3.8) is 0 Å². The number of anilines is 1. The number of ether oxygens (including phenoxy) is 1. The SMILES string of the molecule is CC(C)(C)OC(=O)N(CC(=O)O)c1cccc(CN(Cc2ccc(C(C)(C)CCCC(F)(F)F)cc2)S(=O)(=O)c2ccccn2)n1. The van der Waals surface area contributed by atoms with Crippen LogP contribution in [0.5, 0.6) is 0 Å². The summed E-state index contributed by atoms with van der Waals surface area (Å²) in [6.07, 6.45) is -4.37. The van der Waals surface area contributed by atoms with Crippen molar-refractivity contribution in [3.05, 3.63) is 83.7 Å². The Balaban J connectivity index is 1.92. The standard InChI is InChI=1S/C32H39F3N4O6S/c1-30(2,3)45-29(42)39(22-28(40)41)26-11-8-10-25(37-26)21-38(46(43,44)27-12-6-7-19-36-27)20-23-13-15-24(16-14-23)31(4,5)17-9-18-32(33,34)35/h6-8,10-16,19H,9,17-18,20-22H2,1-5H3,(H,40,41). The molecule has 0 fully saturated rings. The number of hydrogen-bond acceptors (Lipinski definition) is 7. The van der Waals surface area contributed by atoms with Gasteiger partial charge in [0.1, 0.15) is 18.0 Å². The number of carboxylic acids is 1.